The standard InChI is InChI=1S/C14H22F2N2O2S/c1-4-5-17-9-11-6-12(15)14(16)13(7-11)21(19,20)18-8-10(2)3/h6-7,10,17-18H,4-5,8-9H2,1-3H3. The van der Waals surface area contributed by atoms with Crippen LogP contribution in [0.5, 0.6) is 0 Å². The molecule has 1 aromatic rings. The molecule has 1 rings (SSSR count). The van der Waals surface area contributed by atoms with Gasteiger partial charge in [-0.2, -0.15) is 0 Å². The molecule has 4 nitrogen and oxygen atoms in total. The molecule has 0 unspecified atom stereocenters. The molecule has 2 N–H and O–H groups in total. The van der Waals surface area contributed by atoms with E-state index in [-0.39, 0.29) is 19.0 Å². The molecule has 0 heterocycles. The molecule has 0 fully saturated rings. The highest BCUT2D eigenvalue weighted by molar-refractivity contribution is 7.89. The van der Waals surface area contributed by atoms with E-state index in [1.165, 1.54) is 6.07 Å². The van der Waals surface area contributed by atoms with Gasteiger partial charge in [-0.05, 0) is 36.6 Å². The third kappa shape index (κ3) is 5.33. The lowest BCUT2D eigenvalue weighted by molar-refractivity contribution is 0.479. The van der Waals surface area contributed by atoms with Crippen LogP contribution in [-0.4, -0.2) is 21.5 Å². The summed E-state index contributed by atoms with van der Waals surface area (Å²) < 4.78 is 53.7. The molecule has 0 atom stereocenters. The average molecular weight is 320 g/mol. The predicted octanol–water partition coefficient (Wildman–Crippen LogP) is 2.40. The first-order valence-electron chi connectivity index (χ1n) is 6.96. The quantitative estimate of drug-likeness (QED) is 0.723. The van der Waals surface area contributed by atoms with E-state index in [9.17, 15) is 17.2 Å². The number of hydrogen-bond donors (Lipinski definition) is 2. The van der Waals surface area contributed by atoms with E-state index >= 15 is 0 Å². The van der Waals surface area contributed by atoms with Crippen LogP contribution in [0.3, 0.4) is 0 Å². The summed E-state index contributed by atoms with van der Waals surface area (Å²) in [5.74, 6) is -2.43. The van der Waals surface area contributed by atoms with Crippen molar-refractivity contribution in [2.75, 3.05) is 13.1 Å². The Morgan fingerprint density at radius 1 is 1.24 bits per heavy atom. The zero-order chi connectivity index (χ0) is 16.0. The summed E-state index contributed by atoms with van der Waals surface area (Å²) in [4.78, 5) is -0.642. The summed E-state index contributed by atoms with van der Waals surface area (Å²) in [5, 5.41) is 3.02. The number of hydrogen-bond acceptors (Lipinski definition) is 3. The first-order chi connectivity index (χ1) is 9.77. The molecule has 0 saturated heterocycles. The SMILES string of the molecule is CCCNCc1cc(F)c(F)c(S(=O)(=O)NCC(C)C)c1. The molecular formula is C14H22F2N2O2S. The molecule has 0 aliphatic heterocycles. The van der Waals surface area contributed by atoms with Crippen LogP contribution in [0.4, 0.5) is 8.78 Å². The zero-order valence-corrected chi connectivity index (χ0v) is 13.4. The maximum atomic E-state index is 13.8. The van der Waals surface area contributed by atoms with Crippen molar-refractivity contribution < 1.29 is 17.2 Å². The molecule has 21 heavy (non-hydrogen) atoms. The van der Waals surface area contributed by atoms with E-state index in [2.05, 4.69) is 10.0 Å². The number of sulfonamides is 1. The lowest BCUT2D eigenvalue weighted by atomic mass is 10.2. The van der Waals surface area contributed by atoms with Gasteiger partial charge in [0.2, 0.25) is 10.0 Å². The fourth-order valence-electron chi connectivity index (χ4n) is 1.68. The Bertz CT molecular complexity index is 575. The molecule has 0 saturated carbocycles. The van der Waals surface area contributed by atoms with Gasteiger partial charge in [0.15, 0.2) is 11.6 Å². The van der Waals surface area contributed by atoms with Crippen molar-refractivity contribution in [1.29, 1.82) is 0 Å². The van der Waals surface area contributed by atoms with Crippen LogP contribution in [0.15, 0.2) is 17.0 Å². The third-order valence-electron chi connectivity index (χ3n) is 2.78. The van der Waals surface area contributed by atoms with Gasteiger partial charge >= 0.3 is 0 Å². The molecule has 7 heteroatoms. The highest BCUT2D eigenvalue weighted by atomic mass is 32.2. The van der Waals surface area contributed by atoms with Gasteiger partial charge in [0, 0.05) is 13.1 Å². The Labute approximate surface area is 125 Å². The summed E-state index contributed by atoms with van der Waals surface area (Å²) >= 11 is 0. The van der Waals surface area contributed by atoms with Crippen LogP contribution < -0.4 is 10.0 Å². The van der Waals surface area contributed by atoms with Gasteiger partial charge < -0.3 is 5.32 Å². The van der Waals surface area contributed by atoms with E-state index in [1.54, 1.807) is 0 Å². The lowest BCUT2D eigenvalue weighted by Crippen LogP contribution is -2.28. The van der Waals surface area contributed by atoms with Crippen LogP contribution in [0.25, 0.3) is 0 Å². The molecule has 1 aromatic carbocycles. The van der Waals surface area contributed by atoms with Gasteiger partial charge in [-0.3, -0.25) is 0 Å². The summed E-state index contributed by atoms with van der Waals surface area (Å²) in [6.45, 7) is 6.80. The second kappa shape index (κ2) is 7.82. The molecule has 120 valence electrons. The molecule has 0 aromatic heterocycles. The Morgan fingerprint density at radius 2 is 1.90 bits per heavy atom. The first kappa shape index (κ1) is 18.0. The predicted molar refractivity (Wildman–Crippen MR) is 78.4 cm³/mol. The minimum absolute atomic E-state index is 0.0714. The molecule has 0 aliphatic carbocycles. The summed E-state index contributed by atoms with van der Waals surface area (Å²) in [5.41, 5.74) is 0.396. The topological polar surface area (TPSA) is 58.2 Å². The normalized spacial score (nSPS) is 12.1. The number of nitrogens with one attached hydrogen (secondary N) is 2. The van der Waals surface area contributed by atoms with Crippen LogP contribution in [0.1, 0.15) is 32.8 Å². The minimum Gasteiger partial charge on any atom is -0.313 e. The molecule has 0 radical (unpaired) electrons. The van der Waals surface area contributed by atoms with Gasteiger partial charge in [0.05, 0.1) is 0 Å². The van der Waals surface area contributed by atoms with Crippen molar-refractivity contribution in [3.63, 3.8) is 0 Å². The molecule has 0 bridgehead atoms. The van der Waals surface area contributed by atoms with Gasteiger partial charge in [-0.15, -0.1) is 0 Å². The lowest BCUT2D eigenvalue weighted by Gasteiger charge is -2.12. The van der Waals surface area contributed by atoms with E-state index in [4.69, 9.17) is 0 Å². The van der Waals surface area contributed by atoms with Gasteiger partial charge in [0.1, 0.15) is 4.90 Å². The maximum Gasteiger partial charge on any atom is 0.243 e. The van der Waals surface area contributed by atoms with Crippen molar-refractivity contribution in [2.45, 2.75) is 38.6 Å². The van der Waals surface area contributed by atoms with Crippen LogP contribution in [0.2, 0.25) is 0 Å². The largest absolute Gasteiger partial charge is 0.313 e. The smallest absolute Gasteiger partial charge is 0.243 e. The van der Waals surface area contributed by atoms with Crippen molar-refractivity contribution in [3.8, 4) is 0 Å². The van der Waals surface area contributed by atoms with Crippen LogP contribution >= 0.6 is 0 Å². The van der Waals surface area contributed by atoms with Crippen LogP contribution in [0, 0.1) is 17.6 Å². The fourth-order valence-corrected chi connectivity index (χ4v) is 3.03. The number of rotatable bonds is 8. The maximum absolute atomic E-state index is 13.8. The number of halogens is 2. The van der Waals surface area contributed by atoms with Gasteiger partial charge in [-0.1, -0.05) is 20.8 Å². The van der Waals surface area contributed by atoms with Crippen molar-refractivity contribution in [1.82, 2.24) is 10.0 Å². The molecular weight excluding hydrogens is 298 g/mol. The Balaban J connectivity index is 3.04. The summed E-state index contributed by atoms with van der Waals surface area (Å²) in [7, 11) is -4.05. The first-order valence-corrected chi connectivity index (χ1v) is 8.44. The fraction of sp³-hybridized carbons (Fsp3) is 0.571. The van der Waals surface area contributed by atoms with Crippen LogP contribution in [-0.2, 0) is 16.6 Å². The zero-order valence-electron chi connectivity index (χ0n) is 12.5. The van der Waals surface area contributed by atoms with E-state index in [0.29, 0.717) is 12.1 Å². The van der Waals surface area contributed by atoms with Crippen molar-refractivity contribution in [3.05, 3.63) is 29.3 Å². The monoisotopic (exact) mass is 320 g/mol. The number of benzene rings is 1. The second-order valence-corrected chi connectivity index (χ2v) is 7.05. The Kier molecular flexibility index (Phi) is 6.70. The highest BCUT2D eigenvalue weighted by Gasteiger charge is 2.23. The van der Waals surface area contributed by atoms with Gasteiger partial charge in [0.25, 0.3) is 0 Å². The van der Waals surface area contributed by atoms with Crippen molar-refractivity contribution >= 4 is 10.0 Å². The van der Waals surface area contributed by atoms with Crippen molar-refractivity contribution in [2.24, 2.45) is 5.92 Å². The summed E-state index contributed by atoms with van der Waals surface area (Å²) in [6.07, 6.45) is 0.894. The van der Waals surface area contributed by atoms with E-state index < -0.39 is 26.6 Å². The highest BCUT2D eigenvalue weighted by Crippen LogP contribution is 2.20. The van der Waals surface area contributed by atoms with E-state index in [0.717, 1.165) is 12.5 Å². The molecule has 0 amide bonds. The molecule has 0 aliphatic rings. The minimum atomic E-state index is -4.05. The Hall–Kier alpha value is -1.05. The summed E-state index contributed by atoms with van der Waals surface area (Å²) in [6, 6.07) is 2.18. The molecule has 0 spiro atoms. The van der Waals surface area contributed by atoms with E-state index in [1.807, 2.05) is 20.8 Å². The average Bonchev–Trinajstić information content (AvgIpc) is 2.40. The van der Waals surface area contributed by atoms with Gasteiger partial charge in [-0.25, -0.2) is 21.9 Å². The Morgan fingerprint density at radius 3 is 2.48 bits per heavy atom. The third-order valence-corrected chi connectivity index (χ3v) is 4.20. The second-order valence-electron chi connectivity index (χ2n) is 5.31.